The van der Waals surface area contributed by atoms with E-state index >= 15 is 0 Å². The molecule has 0 saturated carbocycles. The monoisotopic (exact) mass is 342 g/mol. The van der Waals surface area contributed by atoms with Crippen LogP contribution in [-0.4, -0.2) is 52.0 Å². The first-order chi connectivity index (χ1) is 12.1. The number of β-amino-alcohol motifs (C(OH)–C–C–N with tert-alkyl or cyclic N) is 1. The second-order valence-electron chi connectivity index (χ2n) is 6.78. The molecule has 25 heavy (non-hydrogen) atoms. The van der Waals surface area contributed by atoms with E-state index in [-0.39, 0.29) is 12.0 Å². The van der Waals surface area contributed by atoms with Crippen LogP contribution in [0.15, 0.2) is 12.3 Å². The van der Waals surface area contributed by atoms with Crippen molar-refractivity contribution in [1.82, 2.24) is 19.9 Å². The van der Waals surface area contributed by atoms with Gasteiger partial charge in [0.25, 0.3) is 0 Å². The maximum absolute atomic E-state index is 10.1. The summed E-state index contributed by atoms with van der Waals surface area (Å²) < 4.78 is 1.79. The molecule has 1 fully saturated rings. The minimum Gasteiger partial charge on any atom is -0.391 e. The normalized spacial score (nSPS) is 20.6. The number of rotatable bonds is 6. The van der Waals surface area contributed by atoms with E-state index in [0.717, 1.165) is 35.8 Å². The molecule has 0 radical (unpaired) electrons. The summed E-state index contributed by atoms with van der Waals surface area (Å²) >= 11 is 0. The molecule has 134 valence electrons. The highest BCUT2D eigenvalue weighted by Crippen LogP contribution is 2.24. The third kappa shape index (κ3) is 3.86. The van der Waals surface area contributed by atoms with Gasteiger partial charge in [0.1, 0.15) is 11.6 Å². The van der Waals surface area contributed by atoms with E-state index in [4.69, 9.17) is 11.4 Å². The minimum atomic E-state index is -0.329. The van der Waals surface area contributed by atoms with Crippen LogP contribution in [0.3, 0.4) is 0 Å². The second-order valence-corrected chi connectivity index (χ2v) is 6.78. The predicted molar refractivity (Wildman–Crippen MR) is 99.9 cm³/mol. The Labute approximate surface area is 148 Å². The fourth-order valence-corrected chi connectivity index (χ4v) is 3.12. The number of hydrogen-bond acceptors (Lipinski definition) is 6. The first-order valence-electron chi connectivity index (χ1n) is 8.78. The van der Waals surface area contributed by atoms with E-state index in [0.29, 0.717) is 25.6 Å². The highest BCUT2D eigenvalue weighted by molar-refractivity contribution is 5.61. The van der Waals surface area contributed by atoms with Gasteiger partial charge in [-0.25, -0.2) is 4.98 Å². The second kappa shape index (κ2) is 7.72. The van der Waals surface area contributed by atoms with Crippen molar-refractivity contribution in [2.45, 2.75) is 32.3 Å². The number of nitrogens with zero attached hydrogens (tertiary/aromatic N) is 3. The van der Waals surface area contributed by atoms with Gasteiger partial charge in [-0.3, -0.25) is 0 Å². The average Bonchev–Trinajstić information content (AvgIpc) is 3.03. The Kier molecular flexibility index (Phi) is 5.41. The smallest absolute Gasteiger partial charge is 0.163 e. The molecule has 3 rings (SSSR count). The summed E-state index contributed by atoms with van der Waals surface area (Å²) in [6, 6.07) is 1.91. The molecule has 0 bridgehead atoms. The van der Waals surface area contributed by atoms with Crippen LogP contribution >= 0.6 is 0 Å². The van der Waals surface area contributed by atoms with Gasteiger partial charge in [0.15, 0.2) is 5.65 Å². The van der Waals surface area contributed by atoms with Crippen molar-refractivity contribution >= 4 is 17.3 Å². The molecule has 0 unspecified atom stereocenters. The molecular formula is C18H26N6O. The largest absolute Gasteiger partial charge is 0.391 e. The van der Waals surface area contributed by atoms with Gasteiger partial charge < -0.3 is 21.1 Å². The van der Waals surface area contributed by atoms with Gasteiger partial charge in [-0.15, -0.1) is 6.42 Å². The van der Waals surface area contributed by atoms with Crippen LogP contribution < -0.4 is 16.0 Å². The molecular weight excluding hydrogens is 316 g/mol. The number of fused-ring (bicyclic) bond motifs is 1. The highest BCUT2D eigenvalue weighted by Gasteiger charge is 2.23. The Bertz CT molecular complexity index is 763. The van der Waals surface area contributed by atoms with E-state index < -0.39 is 0 Å². The predicted octanol–water partition coefficient (Wildman–Crippen LogP) is 1.28. The van der Waals surface area contributed by atoms with Crippen LogP contribution in [0.4, 0.5) is 11.6 Å². The molecule has 2 aromatic heterocycles. The van der Waals surface area contributed by atoms with Gasteiger partial charge in [-0.1, -0.05) is 19.8 Å². The molecule has 4 N–H and O–H groups in total. The third-order valence-corrected chi connectivity index (χ3v) is 4.63. The Morgan fingerprint density at radius 1 is 1.48 bits per heavy atom. The fraction of sp³-hybridized carbons (Fsp3) is 0.556. The zero-order valence-corrected chi connectivity index (χ0v) is 14.8. The lowest BCUT2D eigenvalue weighted by Crippen LogP contribution is -2.43. The summed E-state index contributed by atoms with van der Waals surface area (Å²) in [5.74, 6) is 4.70. The van der Waals surface area contributed by atoms with Gasteiger partial charge in [0.05, 0.1) is 18.8 Å². The summed E-state index contributed by atoms with van der Waals surface area (Å²) in [4.78, 5) is 4.74. The Balaban J connectivity index is 1.86. The van der Waals surface area contributed by atoms with Crippen LogP contribution in [0.2, 0.25) is 0 Å². The summed E-state index contributed by atoms with van der Waals surface area (Å²) in [5.41, 5.74) is 1.92. The summed E-state index contributed by atoms with van der Waals surface area (Å²) in [6.07, 6.45) is 7.85. The summed E-state index contributed by atoms with van der Waals surface area (Å²) in [5, 5.41) is 24.3. The standard InChI is InChI=1S/C18H26N6O/c1-4-6-20-17-8-16(21-9-13-5-7-19-11-15(13)25)23-18-14(12(2)3)10-22-24(17)18/h1,8,10,12-13,15,19-20,25H,5-7,9,11H2,2-3H3,(H,21,23)/t13-,15+/m1/s1. The Hall–Kier alpha value is -2.30. The van der Waals surface area contributed by atoms with Crippen molar-refractivity contribution < 1.29 is 5.11 Å². The van der Waals surface area contributed by atoms with Crippen molar-refractivity contribution in [2.24, 2.45) is 5.92 Å². The SMILES string of the molecule is C#CCNc1cc(NC[C@H]2CCNC[C@@H]2O)nc2c(C(C)C)cnn12. The molecule has 1 saturated heterocycles. The van der Waals surface area contributed by atoms with Crippen LogP contribution in [0.25, 0.3) is 5.65 Å². The minimum absolute atomic E-state index is 0.218. The average molecular weight is 342 g/mol. The molecule has 2 aromatic rings. The Morgan fingerprint density at radius 3 is 3.04 bits per heavy atom. The molecule has 7 heteroatoms. The lowest BCUT2D eigenvalue weighted by Gasteiger charge is -2.28. The van der Waals surface area contributed by atoms with E-state index in [2.05, 4.69) is 40.8 Å². The molecule has 0 amide bonds. The van der Waals surface area contributed by atoms with E-state index in [1.165, 1.54) is 0 Å². The van der Waals surface area contributed by atoms with Gasteiger partial charge >= 0.3 is 0 Å². The van der Waals surface area contributed by atoms with Crippen LogP contribution in [-0.2, 0) is 0 Å². The van der Waals surface area contributed by atoms with Gasteiger partial charge in [-0.2, -0.15) is 9.61 Å². The van der Waals surface area contributed by atoms with E-state index in [9.17, 15) is 5.11 Å². The number of anilines is 2. The summed E-state index contributed by atoms with van der Waals surface area (Å²) in [6.45, 7) is 6.94. The zero-order chi connectivity index (χ0) is 17.8. The number of nitrogens with one attached hydrogen (secondary N) is 3. The quantitative estimate of drug-likeness (QED) is 0.592. The third-order valence-electron chi connectivity index (χ3n) is 4.63. The molecule has 1 aliphatic heterocycles. The zero-order valence-electron chi connectivity index (χ0n) is 14.8. The van der Waals surface area contributed by atoms with Crippen LogP contribution in [0.5, 0.6) is 0 Å². The van der Waals surface area contributed by atoms with Crippen molar-refractivity contribution in [3.05, 3.63) is 17.8 Å². The number of terminal acetylenes is 1. The number of hydrogen-bond donors (Lipinski definition) is 4. The number of piperidine rings is 1. The van der Waals surface area contributed by atoms with E-state index in [1.54, 1.807) is 4.52 Å². The van der Waals surface area contributed by atoms with Crippen LogP contribution in [0.1, 0.15) is 31.7 Å². The van der Waals surface area contributed by atoms with Crippen LogP contribution in [0, 0.1) is 18.3 Å². The fourth-order valence-electron chi connectivity index (χ4n) is 3.12. The first kappa shape index (κ1) is 17.5. The van der Waals surface area contributed by atoms with Gasteiger partial charge in [0.2, 0.25) is 0 Å². The molecule has 0 aliphatic carbocycles. The maximum atomic E-state index is 10.1. The molecule has 0 aromatic carbocycles. The highest BCUT2D eigenvalue weighted by atomic mass is 16.3. The van der Waals surface area contributed by atoms with Crippen molar-refractivity contribution in [3.8, 4) is 12.3 Å². The van der Waals surface area contributed by atoms with Crippen molar-refractivity contribution in [3.63, 3.8) is 0 Å². The topological polar surface area (TPSA) is 86.5 Å². The number of aromatic nitrogens is 3. The van der Waals surface area contributed by atoms with Crippen molar-refractivity contribution in [2.75, 3.05) is 36.8 Å². The number of aliphatic hydroxyl groups excluding tert-OH is 1. The molecule has 3 heterocycles. The molecule has 2 atom stereocenters. The lowest BCUT2D eigenvalue weighted by atomic mass is 9.95. The molecule has 1 aliphatic rings. The number of aliphatic hydroxyl groups is 1. The van der Waals surface area contributed by atoms with Gasteiger partial charge in [-0.05, 0) is 18.9 Å². The molecule has 0 spiro atoms. The lowest BCUT2D eigenvalue weighted by molar-refractivity contribution is 0.0883. The maximum Gasteiger partial charge on any atom is 0.163 e. The van der Waals surface area contributed by atoms with E-state index in [1.807, 2.05) is 12.3 Å². The summed E-state index contributed by atoms with van der Waals surface area (Å²) in [7, 11) is 0. The molecule has 7 nitrogen and oxygen atoms in total. The Morgan fingerprint density at radius 2 is 2.32 bits per heavy atom. The van der Waals surface area contributed by atoms with Gasteiger partial charge in [0, 0.05) is 30.6 Å². The van der Waals surface area contributed by atoms with Crippen molar-refractivity contribution in [1.29, 1.82) is 0 Å². The first-order valence-corrected chi connectivity index (χ1v) is 8.78.